The second-order valence-corrected chi connectivity index (χ2v) is 7.59. The largest absolute Gasteiger partial charge is 0.303 e. The summed E-state index contributed by atoms with van der Waals surface area (Å²) in [5.74, 6) is 2.09. The van der Waals surface area contributed by atoms with Crippen molar-refractivity contribution in [1.82, 2.24) is 34.4 Å². The van der Waals surface area contributed by atoms with Crippen LogP contribution in [0.15, 0.2) is 30.9 Å². The van der Waals surface area contributed by atoms with Gasteiger partial charge in [-0.25, -0.2) is 19.3 Å². The molecule has 0 amide bonds. The minimum Gasteiger partial charge on any atom is -0.303 e. The van der Waals surface area contributed by atoms with Crippen molar-refractivity contribution in [2.75, 3.05) is 19.6 Å². The third-order valence-electron chi connectivity index (χ3n) is 5.21. The van der Waals surface area contributed by atoms with E-state index in [1.54, 1.807) is 17.3 Å². The van der Waals surface area contributed by atoms with Gasteiger partial charge in [-0.15, -0.1) is 5.10 Å². The highest BCUT2D eigenvalue weighted by molar-refractivity contribution is 5.43. The molecule has 1 saturated heterocycles. The smallest absolute Gasteiger partial charge is 0.172 e. The summed E-state index contributed by atoms with van der Waals surface area (Å²) < 4.78 is 3.80. The Labute approximate surface area is 160 Å². The van der Waals surface area contributed by atoms with Gasteiger partial charge < -0.3 is 4.90 Å². The number of aromatic nitrogens is 6. The lowest BCUT2D eigenvalue weighted by Gasteiger charge is -2.20. The van der Waals surface area contributed by atoms with Crippen LogP contribution in [0, 0.1) is 13.8 Å². The van der Waals surface area contributed by atoms with Crippen molar-refractivity contribution in [2.45, 2.75) is 46.1 Å². The molecule has 27 heavy (non-hydrogen) atoms. The van der Waals surface area contributed by atoms with E-state index in [2.05, 4.69) is 54.0 Å². The number of rotatable bonds is 6. The van der Waals surface area contributed by atoms with Crippen LogP contribution in [0.1, 0.15) is 48.5 Å². The van der Waals surface area contributed by atoms with Crippen molar-refractivity contribution in [2.24, 2.45) is 0 Å². The topological polar surface area (TPSA) is 64.7 Å². The van der Waals surface area contributed by atoms with Gasteiger partial charge in [0.25, 0.3) is 0 Å². The molecule has 7 heteroatoms. The zero-order chi connectivity index (χ0) is 18.8. The maximum atomic E-state index is 4.91. The van der Waals surface area contributed by atoms with Gasteiger partial charge in [0.15, 0.2) is 5.82 Å². The molecular weight excluding hydrogens is 338 g/mol. The predicted octanol–water partition coefficient (Wildman–Crippen LogP) is 2.72. The van der Waals surface area contributed by atoms with E-state index in [-0.39, 0.29) is 0 Å². The van der Waals surface area contributed by atoms with Gasteiger partial charge in [-0.05, 0) is 57.0 Å². The summed E-state index contributed by atoms with van der Waals surface area (Å²) in [6, 6.07) is 6.48. The van der Waals surface area contributed by atoms with Crippen LogP contribution in [-0.4, -0.2) is 54.1 Å². The quantitative estimate of drug-likeness (QED) is 0.672. The maximum Gasteiger partial charge on any atom is 0.172 e. The Balaban J connectivity index is 1.70. The van der Waals surface area contributed by atoms with Crippen LogP contribution in [0.5, 0.6) is 0 Å². The molecule has 3 aromatic rings. The molecule has 1 atom stereocenters. The van der Waals surface area contributed by atoms with E-state index >= 15 is 0 Å². The molecule has 1 aliphatic rings. The molecule has 1 fully saturated rings. The number of aryl methyl sites for hydroxylation is 2. The second kappa shape index (κ2) is 7.60. The molecule has 0 N–H and O–H groups in total. The van der Waals surface area contributed by atoms with Gasteiger partial charge in [-0.2, -0.15) is 5.10 Å². The van der Waals surface area contributed by atoms with Gasteiger partial charge in [0.05, 0.1) is 5.69 Å². The number of nitrogens with zero attached hydrogens (tertiary/aromatic N) is 7. The van der Waals surface area contributed by atoms with E-state index in [0.717, 1.165) is 23.9 Å². The summed E-state index contributed by atoms with van der Waals surface area (Å²) in [4.78, 5) is 11.5. The van der Waals surface area contributed by atoms with E-state index < -0.39 is 0 Å². The monoisotopic (exact) mass is 365 g/mol. The van der Waals surface area contributed by atoms with E-state index in [1.807, 2.05) is 4.68 Å². The number of likely N-dealkylation sites (tertiary alicyclic amines) is 1. The molecule has 4 rings (SSSR count). The van der Waals surface area contributed by atoms with Crippen LogP contribution in [0.3, 0.4) is 0 Å². The second-order valence-electron chi connectivity index (χ2n) is 7.59. The predicted molar refractivity (Wildman–Crippen MR) is 104 cm³/mol. The van der Waals surface area contributed by atoms with Crippen molar-refractivity contribution in [1.29, 1.82) is 0 Å². The summed E-state index contributed by atoms with van der Waals surface area (Å²) in [5.41, 5.74) is 3.53. The summed E-state index contributed by atoms with van der Waals surface area (Å²) >= 11 is 0. The minimum absolute atomic E-state index is 0.306. The zero-order valence-electron chi connectivity index (χ0n) is 16.3. The first kappa shape index (κ1) is 17.9. The van der Waals surface area contributed by atoms with E-state index in [9.17, 15) is 0 Å². The molecule has 0 saturated carbocycles. The van der Waals surface area contributed by atoms with Crippen LogP contribution in [0.2, 0.25) is 0 Å². The summed E-state index contributed by atoms with van der Waals surface area (Å²) in [6.45, 7) is 10.4. The standard InChI is InChI=1S/C20H27N7/c1-15-6-7-16(2)18(10-15)27-20(17(3)11-25-8-4-5-9-25)23-19(24-27)12-26-14-21-13-22-26/h6-7,10,13-14,17H,4-5,8-9,11-12H2,1-3H3/t17-/m1/s1. The summed E-state index contributed by atoms with van der Waals surface area (Å²) in [6.07, 6.45) is 5.84. The van der Waals surface area contributed by atoms with Crippen molar-refractivity contribution in [3.05, 3.63) is 53.6 Å². The minimum atomic E-state index is 0.306. The van der Waals surface area contributed by atoms with Crippen LogP contribution in [0.25, 0.3) is 5.69 Å². The highest BCUT2D eigenvalue weighted by Gasteiger charge is 2.22. The van der Waals surface area contributed by atoms with Crippen molar-refractivity contribution in [3.63, 3.8) is 0 Å². The molecule has 0 unspecified atom stereocenters. The van der Waals surface area contributed by atoms with Crippen molar-refractivity contribution in [3.8, 4) is 5.69 Å². The van der Waals surface area contributed by atoms with Gasteiger partial charge in [-0.3, -0.25) is 0 Å². The van der Waals surface area contributed by atoms with Crippen LogP contribution in [-0.2, 0) is 6.54 Å². The Bertz CT molecular complexity index is 891. The normalized spacial score (nSPS) is 16.1. The third-order valence-corrected chi connectivity index (χ3v) is 5.21. The molecule has 1 aliphatic heterocycles. The first-order valence-electron chi connectivity index (χ1n) is 9.68. The van der Waals surface area contributed by atoms with E-state index in [0.29, 0.717) is 12.5 Å². The van der Waals surface area contributed by atoms with Gasteiger partial charge in [0.1, 0.15) is 25.0 Å². The summed E-state index contributed by atoms with van der Waals surface area (Å²) in [5, 5.41) is 9.04. The van der Waals surface area contributed by atoms with Crippen molar-refractivity contribution >= 4 is 0 Å². The zero-order valence-corrected chi connectivity index (χ0v) is 16.3. The number of hydrogen-bond donors (Lipinski definition) is 0. The van der Waals surface area contributed by atoms with Crippen LogP contribution < -0.4 is 0 Å². The Morgan fingerprint density at radius 3 is 2.70 bits per heavy atom. The first-order valence-corrected chi connectivity index (χ1v) is 9.68. The van der Waals surface area contributed by atoms with Gasteiger partial charge >= 0.3 is 0 Å². The Hall–Kier alpha value is -2.54. The molecule has 0 spiro atoms. The molecule has 3 heterocycles. The van der Waals surface area contributed by atoms with Gasteiger partial charge in [-0.1, -0.05) is 19.1 Å². The fourth-order valence-electron chi connectivity index (χ4n) is 3.77. The van der Waals surface area contributed by atoms with Crippen LogP contribution >= 0.6 is 0 Å². The highest BCUT2D eigenvalue weighted by atomic mass is 15.4. The van der Waals surface area contributed by atoms with E-state index in [4.69, 9.17) is 10.1 Å². The average molecular weight is 365 g/mol. The fraction of sp³-hybridized carbons (Fsp3) is 0.500. The molecule has 1 aromatic carbocycles. The van der Waals surface area contributed by atoms with Gasteiger partial charge in [0.2, 0.25) is 0 Å². The molecule has 0 bridgehead atoms. The van der Waals surface area contributed by atoms with E-state index in [1.165, 1.54) is 37.1 Å². The Morgan fingerprint density at radius 1 is 1.15 bits per heavy atom. The fourth-order valence-corrected chi connectivity index (χ4v) is 3.77. The Kier molecular flexibility index (Phi) is 5.03. The first-order chi connectivity index (χ1) is 13.1. The lowest BCUT2D eigenvalue weighted by molar-refractivity contribution is 0.315. The number of hydrogen-bond acceptors (Lipinski definition) is 5. The van der Waals surface area contributed by atoms with Gasteiger partial charge in [0, 0.05) is 12.5 Å². The molecule has 0 aliphatic carbocycles. The SMILES string of the molecule is Cc1ccc(C)c(-n2nc(Cn3cncn3)nc2[C@H](C)CN2CCCC2)c1. The summed E-state index contributed by atoms with van der Waals surface area (Å²) in [7, 11) is 0. The maximum absolute atomic E-state index is 4.91. The lowest BCUT2D eigenvalue weighted by atomic mass is 10.1. The van der Waals surface area contributed by atoms with Crippen LogP contribution in [0.4, 0.5) is 0 Å². The third kappa shape index (κ3) is 3.93. The Morgan fingerprint density at radius 2 is 1.96 bits per heavy atom. The molecule has 142 valence electrons. The lowest BCUT2D eigenvalue weighted by Crippen LogP contribution is -2.26. The average Bonchev–Trinajstić information content (AvgIpc) is 3.39. The molecule has 0 radical (unpaired) electrons. The molecular formula is C20H27N7. The highest BCUT2D eigenvalue weighted by Crippen LogP contribution is 2.23. The van der Waals surface area contributed by atoms with Crippen molar-refractivity contribution < 1.29 is 0 Å². The number of benzene rings is 1. The molecule has 7 nitrogen and oxygen atoms in total. The molecule has 2 aromatic heterocycles.